The Kier molecular flexibility index (Phi) is 7.17. The van der Waals surface area contributed by atoms with Crippen LogP contribution in [0.1, 0.15) is 44.9 Å². The molecule has 2 aliphatic heterocycles. The fourth-order valence-corrected chi connectivity index (χ4v) is 6.89. The van der Waals surface area contributed by atoms with Crippen LogP contribution in [0.4, 0.5) is 9.52 Å². The molecule has 0 spiro atoms. The van der Waals surface area contributed by atoms with Crippen LogP contribution in [0.25, 0.3) is 0 Å². The molecule has 2 aliphatic rings. The number of ether oxygens (including phenoxy) is 1. The van der Waals surface area contributed by atoms with Crippen molar-refractivity contribution in [3.05, 3.63) is 60.2 Å². The minimum Gasteiger partial charge on any atom is -0.477 e. The minimum absolute atomic E-state index is 0.0854. The first-order valence-corrected chi connectivity index (χ1v) is 14.6. The van der Waals surface area contributed by atoms with Gasteiger partial charge in [0, 0.05) is 49.5 Å². The Morgan fingerprint density at radius 1 is 1.03 bits per heavy atom. The number of aromatic nitrogens is 2. The fourth-order valence-electron chi connectivity index (χ4n) is 4.74. The summed E-state index contributed by atoms with van der Waals surface area (Å²) in [6.07, 6.45) is 1.29. The standard InChI is InChI=1S/C26H29FN4O4S2/c1-17(2)24-28-26(36-29-24)30-13-10-18(11-14-30)31-15-12-23(25(31)32)35-22-9-8-20(16-21(22)27)37(33,34)19-6-4-3-5-7-19/h3-9,16-18,23H,10-15H2,1-2H3. The van der Waals surface area contributed by atoms with Gasteiger partial charge in [0.15, 0.2) is 17.7 Å². The number of hydrogen-bond donors (Lipinski definition) is 0. The summed E-state index contributed by atoms with van der Waals surface area (Å²) in [5, 5.41) is 0.921. The van der Waals surface area contributed by atoms with Crippen molar-refractivity contribution in [2.24, 2.45) is 0 Å². The van der Waals surface area contributed by atoms with Gasteiger partial charge in [-0.25, -0.2) is 17.8 Å². The maximum atomic E-state index is 14.9. The smallest absolute Gasteiger partial charge is 0.263 e. The first-order valence-electron chi connectivity index (χ1n) is 12.4. The zero-order valence-corrected chi connectivity index (χ0v) is 22.3. The summed E-state index contributed by atoms with van der Waals surface area (Å²) >= 11 is 1.41. The molecule has 2 fully saturated rings. The lowest BCUT2D eigenvalue weighted by atomic mass is 10.0. The molecule has 37 heavy (non-hydrogen) atoms. The number of halogens is 1. The summed E-state index contributed by atoms with van der Waals surface area (Å²) in [6.45, 7) is 6.27. The van der Waals surface area contributed by atoms with E-state index in [1.807, 2.05) is 4.90 Å². The quantitative estimate of drug-likeness (QED) is 0.438. The normalized spacial score (nSPS) is 19.1. The molecule has 11 heteroatoms. The fraction of sp³-hybridized carbons (Fsp3) is 0.423. The van der Waals surface area contributed by atoms with Gasteiger partial charge in [0.2, 0.25) is 15.0 Å². The number of hydrogen-bond acceptors (Lipinski definition) is 8. The Hall–Kier alpha value is -3.05. The molecule has 2 aromatic carbocycles. The van der Waals surface area contributed by atoms with Crippen LogP contribution in [0.3, 0.4) is 0 Å². The van der Waals surface area contributed by atoms with Crippen LogP contribution < -0.4 is 9.64 Å². The zero-order valence-electron chi connectivity index (χ0n) is 20.7. The molecule has 2 saturated heterocycles. The third kappa shape index (κ3) is 5.19. The molecule has 0 bridgehead atoms. The summed E-state index contributed by atoms with van der Waals surface area (Å²) in [7, 11) is -3.85. The van der Waals surface area contributed by atoms with Gasteiger partial charge in [-0.15, -0.1) is 0 Å². The molecule has 5 rings (SSSR count). The average molecular weight is 545 g/mol. The molecule has 3 aromatic rings. The number of sulfone groups is 1. The maximum absolute atomic E-state index is 14.9. The highest BCUT2D eigenvalue weighted by Crippen LogP contribution is 2.31. The van der Waals surface area contributed by atoms with Crippen molar-refractivity contribution in [1.82, 2.24) is 14.3 Å². The summed E-state index contributed by atoms with van der Waals surface area (Å²) in [6, 6.07) is 11.5. The Balaban J connectivity index is 1.20. The van der Waals surface area contributed by atoms with Crippen molar-refractivity contribution >= 4 is 32.4 Å². The van der Waals surface area contributed by atoms with Crippen molar-refractivity contribution in [3.63, 3.8) is 0 Å². The average Bonchev–Trinajstić information content (AvgIpc) is 3.54. The first-order chi connectivity index (χ1) is 17.7. The molecule has 0 saturated carbocycles. The number of piperidine rings is 1. The van der Waals surface area contributed by atoms with Gasteiger partial charge in [-0.2, -0.15) is 4.37 Å². The molecule has 1 aromatic heterocycles. The second-order valence-electron chi connectivity index (χ2n) is 9.64. The van der Waals surface area contributed by atoms with E-state index in [0.717, 1.165) is 43.0 Å². The molecule has 1 amide bonds. The van der Waals surface area contributed by atoms with Crippen molar-refractivity contribution in [2.75, 3.05) is 24.5 Å². The Morgan fingerprint density at radius 2 is 1.76 bits per heavy atom. The molecule has 3 heterocycles. The Morgan fingerprint density at radius 3 is 2.41 bits per heavy atom. The number of carbonyl (C=O) groups is 1. The highest BCUT2D eigenvalue weighted by molar-refractivity contribution is 7.91. The van der Waals surface area contributed by atoms with Crippen molar-refractivity contribution in [1.29, 1.82) is 0 Å². The number of benzene rings is 2. The number of amides is 1. The molecule has 1 atom stereocenters. The molecular formula is C26H29FN4O4S2. The lowest BCUT2D eigenvalue weighted by Gasteiger charge is -2.36. The van der Waals surface area contributed by atoms with Crippen LogP contribution in [0, 0.1) is 5.82 Å². The maximum Gasteiger partial charge on any atom is 0.263 e. The monoisotopic (exact) mass is 544 g/mol. The summed E-state index contributed by atoms with van der Waals surface area (Å²) in [5.41, 5.74) is 0. The topological polar surface area (TPSA) is 92.7 Å². The van der Waals surface area contributed by atoms with Crippen LogP contribution in [-0.2, 0) is 14.6 Å². The summed E-state index contributed by atoms with van der Waals surface area (Å²) < 4.78 is 50.6. The van der Waals surface area contributed by atoms with Gasteiger partial charge in [-0.05, 0) is 43.2 Å². The highest BCUT2D eigenvalue weighted by Gasteiger charge is 2.39. The SMILES string of the molecule is CC(C)c1nsc(N2CCC(N3CCC(Oc4ccc(S(=O)(=O)c5ccccc5)cc4F)C3=O)CC2)n1. The Labute approximate surface area is 220 Å². The van der Waals surface area contributed by atoms with E-state index in [1.54, 1.807) is 18.2 Å². The first kappa shape index (κ1) is 25.6. The van der Waals surface area contributed by atoms with Crippen LogP contribution in [0.5, 0.6) is 5.75 Å². The number of anilines is 1. The predicted octanol–water partition coefficient (Wildman–Crippen LogP) is 4.28. The van der Waals surface area contributed by atoms with Crippen LogP contribution in [0.15, 0.2) is 58.3 Å². The number of carbonyl (C=O) groups excluding carboxylic acids is 1. The predicted molar refractivity (Wildman–Crippen MR) is 138 cm³/mol. The van der Waals surface area contributed by atoms with Crippen LogP contribution >= 0.6 is 11.5 Å². The molecule has 0 radical (unpaired) electrons. The second-order valence-corrected chi connectivity index (χ2v) is 12.3. The largest absolute Gasteiger partial charge is 0.477 e. The zero-order chi connectivity index (χ0) is 26.2. The molecule has 0 aliphatic carbocycles. The van der Waals surface area contributed by atoms with Crippen molar-refractivity contribution in [2.45, 2.75) is 61.0 Å². The van der Waals surface area contributed by atoms with Gasteiger partial charge in [0.1, 0.15) is 5.82 Å². The van der Waals surface area contributed by atoms with E-state index in [0.29, 0.717) is 13.0 Å². The Bertz CT molecular complexity index is 1370. The third-order valence-corrected chi connectivity index (χ3v) is 9.41. The highest BCUT2D eigenvalue weighted by atomic mass is 32.2. The van der Waals surface area contributed by atoms with Crippen LogP contribution in [-0.4, -0.2) is 60.4 Å². The van der Waals surface area contributed by atoms with Gasteiger partial charge >= 0.3 is 0 Å². The lowest BCUT2D eigenvalue weighted by molar-refractivity contribution is -0.135. The van der Waals surface area contributed by atoms with E-state index in [4.69, 9.17) is 4.74 Å². The van der Waals surface area contributed by atoms with Crippen molar-refractivity contribution < 1.29 is 22.3 Å². The molecular weight excluding hydrogens is 515 g/mol. The van der Waals surface area contributed by atoms with E-state index in [9.17, 15) is 17.6 Å². The molecule has 0 N–H and O–H groups in total. The summed E-state index contributed by atoms with van der Waals surface area (Å²) in [4.78, 5) is 21.7. The van der Waals surface area contributed by atoms with E-state index in [2.05, 4.69) is 28.1 Å². The van der Waals surface area contributed by atoms with Gasteiger partial charge in [-0.1, -0.05) is 32.0 Å². The molecule has 1 unspecified atom stereocenters. The van der Waals surface area contributed by atoms with Gasteiger partial charge in [0.25, 0.3) is 5.91 Å². The van der Waals surface area contributed by atoms with E-state index in [1.165, 1.54) is 35.8 Å². The lowest BCUT2D eigenvalue weighted by Crippen LogP contribution is -2.47. The van der Waals surface area contributed by atoms with E-state index in [-0.39, 0.29) is 33.4 Å². The number of likely N-dealkylation sites (tertiary alicyclic amines) is 1. The van der Waals surface area contributed by atoms with Gasteiger partial charge in [0.05, 0.1) is 9.79 Å². The van der Waals surface area contributed by atoms with Crippen molar-refractivity contribution in [3.8, 4) is 5.75 Å². The molecule has 8 nitrogen and oxygen atoms in total. The summed E-state index contributed by atoms with van der Waals surface area (Å²) in [5.74, 6) is 0.0521. The molecule has 196 valence electrons. The second kappa shape index (κ2) is 10.4. The van der Waals surface area contributed by atoms with E-state index >= 15 is 0 Å². The third-order valence-electron chi connectivity index (χ3n) is 6.85. The van der Waals surface area contributed by atoms with Gasteiger partial charge in [-0.3, -0.25) is 4.79 Å². The van der Waals surface area contributed by atoms with Crippen LogP contribution in [0.2, 0.25) is 0 Å². The minimum atomic E-state index is -3.85. The van der Waals surface area contributed by atoms with E-state index < -0.39 is 21.8 Å². The van der Waals surface area contributed by atoms with Gasteiger partial charge < -0.3 is 14.5 Å². The number of nitrogens with zero attached hydrogens (tertiary/aromatic N) is 4. The number of rotatable bonds is 7.